The van der Waals surface area contributed by atoms with Gasteiger partial charge in [-0.25, -0.2) is 0 Å². The molecule has 0 unspecified atom stereocenters. The van der Waals surface area contributed by atoms with Gasteiger partial charge in [0, 0.05) is 12.0 Å². The van der Waals surface area contributed by atoms with E-state index < -0.39 is 11.7 Å². The van der Waals surface area contributed by atoms with E-state index in [1.165, 1.54) is 12.1 Å². The average Bonchev–Trinajstić information content (AvgIpc) is 2.28. The summed E-state index contributed by atoms with van der Waals surface area (Å²) in [5, 5.41) is 3.49. The van der Waals surface area contributed by atoms with E-state index in [2.05, 4.69) is 17.9 Å². The van der Waals surface area contributed by atoms with Gasteiger partial charge in [0.1, 0.15) is 12.8 Å². The molecule has 0 atom stereocenters. The summed E-state index contributed by atoms with van der Waals surface area (Å²) in [4.78, 5) is 4.80. The summed E-state index contributed by atoms with van der Waals surface area (Å²) in [6, 6.07) is 4.51. The van der Waals surface area contributed by atoms with Crippen molar-refractivity contribution in [1.29, 1.82) is 0 Å². The number of halogens is 3. The molecule has 17 heavy (non-hydrogen) atoms. The third kappa shape index (κ3) is 4.72. The molecule has 0 amide bonds. The van der Waals surface area contributed by atoms with Crippen LogP contribution in [0, 0.1) is 0 Å². The molecule has 0 saturated carbocycles. The molecule has 1 aromatic rings. The van der Waals surface area contributed by atoms with Crippen LogP contribution in [0.25, 0.3) is 0 Å². The van der Waals surface area contributed by atoms with Gasteiger partial charge in [-0.15, -0.1) is 6.58 Å². The van der Waals surface area contributed by atoms with Crippen LogP contribution in [0.2, 0.25) is 0 Å². The van der Waals surface area contributed by atoms with Crippen LogP contribution in [0.4, 0.5) is 13.2 Å². The fourth-order valence-electron chi connectivity index (χ4n) is 1.00. The highest BCUT2D eigenvalue weighted by atomic mass is 19.4. The lowest BCUT2D eigenvalue weighted by Gasteiger charge is -2.05. The van der Waals surface area contributed by atoms with Crippen LogP contribution in [0.5, 0.6) is 0 Å². The molecule has 0 N–H and O–H groups in total. The Morgan fingerprint density at radius 3 is 2.47 bits per heavy atom. The molecule has 2 nitrogen and oxygen atoms in total. The van der Waals surface area contributed by atoms with Crippen LogP contribution in [0.15, 0.2) is 42.1 Å². The Labute approximate surface area is 97.4 Å². The average molecular weight is 242 g/mol. The minimum absolute atomic E-state index is 0.372. The molecule has 0 aliphatic heterocycles. The van der Waals surface area contributed by atoms with Crippen molar-refractivity contribution in [1.82, 2.24) is 0 Å². The number of nitrogens with zero attached hydrogens (tertiary/aromatic N) is 1. The second kappa shape index (κ2) is 6.08. The maximum Gasteiger partial charge on any atom is 0.416 e. The lowest BCUT2D eigenvalue weighted by atomic mass is 10.1. The summed E-state index contributed by atoms with van der Waals surface area (Å²) < 4.78 is 36.7. The van der Waals surface area contributed by atoms with Gasteiger partial charge in [-0.05, 0) is 12.1 Å². The summed E-state index contributed by atoms with van der Waals surface area (Å²) in [5.74, 6) is 0. The minimum atomic E-state index is -4.32. The Bertz CT molecular complexity index is 382. The van der Waals surface area contributed by atoms with Crippen molar-refractivity contribution in [3.63, 3.8) is 0 Å². The first-order valence-corrected chi connectivity index (χ1v) is 4.90. The molecule has 0 heterocycles. The van der Waals surface area contributed by atoms with Gasteiger partial charge in [0.05, 0.1) is 5.56 Å². The summed E-state index contributed by atoms with van der Waals surface area (Å²) in [6.07, 6.45) is 0.485. The van der Waals surface area contributed by atoms with E-state index in [9.17, 15) is 13.2 Å². The Morgan fingerprint density at radius 1 is 1.29 bits per heavy atom. The van der Waals surface area contributed by atoms with Gasteiger partial charge in [0.2, 0.25) is 0 Å². The highest BCUT2D eigenvalue weighted by Gasteiger charge is 2.29. The highest BCUT2D eigenvalue weighted by Crippen LogP contribution is 2.28. The van der Waals surface area contributed by atoms with E-state index in [0.29, 0.717) is 18.6 Å². The lowest BCUT2D eigenvalue weighted by Crippen LogP contribution is -2.04. The molecule has 1 aromatic carbocycles. The second-order valence-corrected chi connectivity index (χ2v) is 3.19. The van der Waals surface area contributed by atoms with E-state index in [1.807, 2.05) is 0 Å². The van der Waals surface area contributed by atoms with Crippen LogP contribution < -0.4 is 0 Å². The smallest absolute Gasteiger partial charge is 0.395 e. The first-order valence-electron chi connectivity index (χ1n) is 4.90. The summed E-state index contributed by atoms with van der Waals surface area (Å²) in [7, 11) is 0. The molecule has 0 aliphatic rings. The Morgan fingerprint density at radius 2 is 1.94 bits per heavy atom. The molecular formula is C12H11F3NO. The van der Waals surface area contributed by atoms with Gasteiger partial charge in [-0.1, -0.05) is 23.4 Å². The van der Waals surface area contributed by atoms with Crippen molar-refractivity contribution in [3.05, 3.63) is 48.0 Å². The van der Waals surface area contributed by atoms with Crippen molar-refractivity contribution in [2.24, 2.45) is 5.16 Å². The number of benzene rings is 1. The van der Waals surface area contributed by atoms with Gasteiger partial charge in [0.15, 0.2) is 0 Å². The first kappa shape index (κ1) is 13.3. The van der Waals surface area contributed by atoms with Crippen LogP contribution in [-0.2, 0) is 11.0 Å². The van der Waals surface area contributed by atoms with Crippen molar-refractivity contribution in [2.75, 3.05) is 6.61 Å². The van der Waals surface area contributed by atoms with Gasteiger partial charge in [0.25, 0.3) is 0 Å². The number of rotatable bonds is 5. The number of hydrogen-bond donors (Lipinski definition) is 0. The molecule has 0 aliphatic carbocycles. The zero-order chi connectivity index (χ0) is 12.7. The molecule has 1 radical (unpaired) electrons. The van der Waals surface area contributed by atoms with Crippen molar-refractivity contribution in [2.45, 2.75) is 12.6 Å². The molecule has 0 bridgehead atoms. The fourth-order valence-corrected chi connectivity index (χ4v) is 1.00. The maximum absolute atomic E-state index is 12.2. The van der Waals surface area contributed by atoms with Gasteiger partial charge < -0.3 is 4.84 Å². The van der Waals surface area contributed by atoms with E-state index in [0.717, 1.165) is 12.1 Å². The Kier molecular flexibility index (Phi) is 4.75. The van der Waals surface area contributed by atoms with E-state index in [1.54, 1.807) is 6.08 Å². The fraction of sp³-hybridized carbons (Fsp3) is 0.250. The minimum Gasteiger partial charge on any atom is -0.395 e. The Hall–Kier alpha value is -1.78. The van der Waals surface area contributed by atoms with Crippen molar-refractivity contribution in [3.8, 4) is 0 Å². The second-order valence-electron chi connectivity index (χ2n) is 3.19. The van der Waals surface area contributed by atoms with Crippen molar-refractivity contribution >= 4 is 6.21 Å². The van der Waals surface area contributed by atoms with Crippen LogP contribution >= 0.6 is 0 Å². The topological polar surface area (TPSA) is 21.6 Å². The van der Waals surface area contributed by atoms with E-state index in [-0.39, 0.29) is 0 Å². The number of hydrogen-bond acceptors (Lipinski definition) is 2. The summed E-state index contributed by atoms with van der Waals surface area (Å²) in [6.45, 7) is 3.87. The lowest BCUT2D eigenvalue weighted by molar-refractivity contribution is -0.137. The third-order valence-electron chi connectivity index (χ3n) is 1.86. The maximum atomic E-state index is 12.2. The molecule has 0 spiro atoms. The molecule has 0 aromatic heterocycles. The predicted molar refractivity (Wildman–Crippen MR) is 58.7 cm³/mol. The number of alkyl halides is 3. The zero-order valence-corrected chi connectivity index (χ0v) is 9.00. The van der Waals surface area contributed by atoms with Crippen molar-refractivity contribution < 1.29 is 18.0 Å². The zero-order valence-electron chi connectivity index (χ0n) is 9.00. The normalized spacial score (nSPS) is 11.7. The summed E-state index contributed by atoms with van der Waals surface area (Å²) in [5.41, 5.74) is -0.271. The third-order valence-corrected chi connectivity index (χ3v) is 1.86. The van der Waals surface area contributed by atoms with Crippen LogP contribution in [0.1, 0.15) is 17.5 Å². The predicted octanol–water partition coefficient (Wildman–Crippen LogP) is 3.51. The van der Waals surface area contributed by atoms with Gasteiger partial charge >= 0.3 is 6.18 Å². The first-order chi connectivity index (χ1) is 8.04. The highest BCUT2D eigenvalue weighted by molar-refractivity contribution is 5.79. The SMILES string of the molecule is C=CCCON=[C]c1ccc(C(F)(F)F)cc1. The van der Waals surface area contributed by atoms with E-state index >= 15 is 0 Å². The molecular weight excluding hydrogens is 231 g/mol. The quantitative estimate of drug-likeness (QED) is 0.335. The monoisotopic (exact) mass is 242 g/mol. The largest absolute Gasteiger partial charge is 0.416 e. The molecule has 0 fully saturated rings. The molecule has 91 valence electrons. The van der Waals surface area contributed by atoms with Gasteiger partial charge in [-0.3, -0.25) is 0 Å². The molecule has 1 rings (SSSR count). The standard InChI is InChI=1S/C12H11F3NO/c1-2-3-8-17-16-9-10-4-6-11(7-5-10)12(13,14)15/h2,4-7H,1,3,8H2. The van der Waals surface area contributed by atoms with Crippen LogP contribution in [0.3, 0.4) is 0 Å². The molecule has 0 saturated heterocycles. The Balaban J connectivity index is 2.54. The van der Waals surface area contributed by atoms with Gasteiger partial charge in [-0.2, -0.15) is 13.2 Å². The molecule has 5 heteroatoms. The summed E-state index contributed by atoms with van der Waals surface area (Å²) >= 11 is 0. The van der Waals surface area contributed by atoms with E-state index in [4.69, 9.17) is 4.84 Å². The van der Waals surface area contributed by atoms with Crippen LogP contribution in [-0.4, -0.2) is 12.8 Å².